The van der Waals surface area contributed by atoms with Crippen molar-refractivity contribution in [1.82, 2.24) is 0 Å². The second-order valence-electron chi connectivity index (χ2n) is 11.4. The predicted octanol–water partition coefficient (Wildman–Crippen LogP) is 6.00. The summed E-state index contributed by atoms with van der Waals surface area (Å²) in [6, 6.07) is 0. The first-order chi connectivity index (χ1) is 14.1. The van der Waals surface area contributed by atoms with E-state index in [4.69, 9.17) is 9.84 Å². The summed E-state index contributed by atoms with van der Waals surface area (Å²) in [5, 5.41) is 9.13. The van der Waals surface area contributed by atoms with Crippen LogP contribution in [0.5, 0.6) is 0 Å². The Kier molecular flexibility index (Phi) is 5.83. The van der Waals surface area contributed by atoms with E-state index in [2.05, 4.69) is 26.8 Å². The maximum atomic E-state index is 11.4. The Balaban J connectivity index is 1.51. The number of ether oxygens (including phenoxy) is 1. The fraction of sp³-hybridized carbons (Fsp3) is 0.846. The molecule has 3 saturated carbocycles. The number of carbonyl (C=O) groups is 2. The second kappa shape index (κ2) is 7.98. The van der Waals surface area contributed by atoms with E-state index in [9.17, 15) is 9.59 Å². The molecule has 3 fully saturated rings. The van der Waals surface area contributed by atoms with Crippen LogP contribution in [0.4, 0.5) is 0 Å². The van der Waals surface area contributed by atoms with Crippen molar-refractivity contribution >= 4 is 11.9 Å². The fourth-order valence-corrected chi connectivity index (χ4v) is 8.49. The smallest absolute Gasteiger partial charge is 0.303 e. The van der Waals surface area contributed by atoms with Crippen LogP contribution in [-0.2, 0) is 14.3 Å². The lowest BCUT2D eigenvalue weighted by atomic mass is 9.47. The van der Waals surface area contributed by atoms with Gasteiger partial charge in [0.1, 0.15) is 6.10 Å². The monoisotopic (exact) mass is 416 g/mol. The average Bonchev–Trinajstić information content (AvgIpc) is 3.03. The van der Waals surface area contributed by atoms with Gasteiger partial charge >= 0.3 is 11.9 Å². The summed E-state index contributed by atoms with van der Waals surface area (Å²) in [6.07, 6.45) is 13.1. The second-order valence-corrected chi connectivity index (χ2v) is 11.4. The zero-order chi connectivity index (χ0) is 21.7. The van der Waals surface area contributed by atoms with Gasteiger partial charge in [0.05, 0.1) is 0 Å². The van der Waals surface area contributed by atoms with E-state index in [1.807, 2.05) is 0 Å². The third-order valence-corrected chi connectivity index (χ3v) is 9.97. The van der Waals surface area contributed by atoms with E-state index in [-0.39, 0.29) is 17.5 Å². The van der Waals surface area contributed by atoms with Crippen molar-refractivity contribution in [1.29, 1.82) is 0 Å². The van der Waals surface area contributed by atoms with Crippen molar-refractivity contribution in [3.05, 3.63) is 11.6 Å². The van der Waals surface area contributed by atoms with Gasteiger partial charge in [-0.05, 0) is 91.8 Å². The largest absolute Gasteiger partial charge is 0.481 e. The highest BCUT2D eigenvalue weighted by atomic mass is 16.5. The molecule has 0 saturated heterocycles. The molecule has 0 aromatic rings. The van der Waals surface area contributed by atoms with Gasteiger partial charge in [-0.25, -0.2) is 0 Å². The Morgan fingerprint density at radius 3 is 2.63 bits per heavy atom. The molecule has 0 amide bonds. The molecule has 0 aromatic heterocycles. The molecule has 4 heteroatoms. The number of allylic oxidation sites excluding steroid dienone is 1. The molecule has 0 spiro atoms. The van der Waals surface area contributed by atoms with Gasteiger partial charge in [0.15, 0.2) is 0 Å². The quantitative estimate of drug-likeness (QED) is 0.441. The Morgan fingerprint density at radius 1 is 1.17 bits per heavy atom. The first-order valence-electron chi connectivity index (χ1n) is 12.2. The molecule has 0 radical (unpaired) electrons. The van der Waals surface area contributed by atoms with Crippen molar-refractivity contribution in [3.63, 3.8) is 0 Å². The van der Waals surface area contributed by atoms with Gasteiger partial charge in [-0.15, -0.1) is 0 Å². The summed E-state index contributed by atoms with van der Waals surface area (Å²) in [5.74, 6) is 2.64. The highest BCUT2D eigenvalue weighted by Gasteiger charge is 2.59. The van der Waals surface area contributed by atoms with E-state index >= 15 is 0 Å². The zero-order valence-electron chi connectivity index (χ0n) is 19.3. The van der Waals surface area contributed by atoms with Crippen molar-refractivity contribution in [3.8, 4) is 0 Å². The molecule has 30 heavy (non-hydrogen) atoms. The molecule has 1 N–H and O–H groups in total. The van der Waals surface area contributed by atoms with Crippen LogP contribution < -0.4 is 0 Å². The molecule has 0 unspecified atom stereocenters. The van der Waals surface area contributed by atoms with E-state index in [0.717, 1.165) is 43.4 Å². The molecule has 4 aliphatic carbocycles. The minimum Gasteiger partial charge on any atom is -0.481 e. The number of aliphatic carboxylic acids is 1. The first kappa shape index (κ1) is 21.9. The summed E-state index contributed by atoms with van der Waals surface area (Å²) in [7, 11) is 0. The molecule has 4 rings (SSSR count). The molecule has 0 aromatic carbocycles. The molecule has 0 bridgehead atoms. The predicted molar refractivity (Wildman–Crippen MR) is 117 cm³/mol. The van der Waals surface area contributed by atoms with Gasteiger partial charge in [-0.2, -0.15) is 0 Å². The summed E-state index contributed by atoms with van der Waals surface area (Å²) in [4.78, 5) is 22.5. The van der Waals surface area contributed by atoms with Crippen molar-refractivity contribution in [2.24, 2.45) is 40.4 Å². The van der Waals surface area contributed by atoms with Crippen LogP contribution in [-0.4, -0.2) is 23.1 Å². The lowest BCUT2D eigenvalue weighted by Crippen LogP contribution is -2.51. The van der Waals surface area contributed by atoms with Gasteiger partial charge in [0.2, 0.25) is 0 Å². The number of rotatable bonds is 5. The Labute approximate surface area is 181 Å². The minimum absolute atomic E-state index is 0.0678. The van der Waals surface area contributed by atoms with Crippen LogP contribution in [0.1, 0.15) is 91.9 Å². The molecule has 4 aliphatic rings. The Hall–Kier alpha value is -1.32. The zero-order valence-corrected chi connectivity index (χ0v) is 19.3. The number of carboxylic acid groups (broad SMARTS) is 1. The van der Waals surface area contributed by atoms with Gasteiger partial charge < -0.3 is 9.84 Å². The van der Waals surface area contributed by atoms with Gasteiger partial charge in [0, 0.05) is 19.8 Å². The summed E-state index contributed by atoms with van der Waals surface area (Å²) < 4.78 is 5.57. The van der Waals surface area contributed by atoms with E-state index < -0.39 is 5.97 Å². The van der Waals surface area contributed by atoms with Gasteiger partial charge in [-0.1, -0.05) is 32.4 Å². The SMILES string of the molecule is CC(=O)O[C@H]1CC[C@@]2(C)C(=CC[C@H]3[C@H]2CC[C@@]2(C)[C@H]3CC[C@H]2[C@H](C)CCC(=O)O)C1. The molecular formula is C26H40O4. The fourth-order valence-electron chi connectivity index (χ4n) is 8.49. The third-order valence-electron chi connectivity index (χ3n) is 9.97. The lowest BCUT2D eigenvalue weighted by molar-refractivity contribution is -0.148. The van der Waals surface area contributed by atoms with Crippen molar-refractivity contribution < 1.29 is 19.4 Å². The molecule has 0 aliphatic heterocycles. The van der Waals surface area contributed by atoms with Crippen molar-refractivity contribution in [2.45, 2.75) is 98.0 Å². The summed E-state index contributed by atoms with van der Waals surface area (Å²) in [6.45, 7) is 8.84. The molecule has 0 heterocycles. The number of fused-ring (bicyclic) bond motifs is 5. The number of carbonyl (C=O) groups excluding carboxylic acids is 1. The van der Waals surface area contributed by atoms with E-state index in [0.29, 0.717) is 23.7 Å². The van der Waals surface area contributed by atoms with Crippen LogP contribution in [0.25, 0.3) is 0 Å². The standard InChI is InChI=1S/C26H40O4/c1-16(5-10-24(28)29)21-8-9-22-20-7-6-18-15-19(30-17(2)27)11-13-25(18,3)23(20)12-14-26(21,22)4/h6,16,19-23H,5,7-15H2,1-4H3,(H,28,29)/t16-,19+,20-,21+,22+,23-,25+,26-/m1/s1. The lowest BCUT2D eigenvalue weighted by Gasteiger charge is -2.58. The molecule has 168 valence electrons. The van der Waals surface area contributed by atoms with E-state index in [1.165, 1.54) is 39.0 Å². The average molecular weight is 417 g/mol. The molecule has 8 atom stereocenters. The van der Waals surface area contributed by atoms with Gasteiger partial charge in [-0.3, -0.25) is 9.59 Å². The van der Waals surface area contributed by atoms with Crippen LogP contribution in [0, 0.1) is 40.4 Å². The third kappa shape index (κ3) is 3.62. The number of hydrogen-bond donors (Lipinski definition) is 1. The van der Waals surface area contributed by atoms with Crippen molar-refractivity contribution in [2.75, 3.05) is 0 Å². The van der Waals surface area contributed by atoms with Gasteiger partial charge in [0.25, 0.3) is 0 Å². The normalized spacial score (nSPS) is 43.6. The van der Waals surface area contributed by atoms with Crippen LogP contribution in [0.15, 0.2) is 11.6 Å². The van der Waals surface area contributed by atoms with Crippen LogP contribution in [0.2, 0.25) is 0 Å². The molecule has 4 nitrogen and oxygen atoms in total. The Morgan fingerprint density at radius 2 is 1.93 bits per heavy atom. The summed E-state index contributed by atoms with van der Waals surface area (Å²) in [5.41, 5.74) is 2.19. The summed E-state index contributed by atoms with van der Waals surface area (Å²) >= 11 is 0. The maximum absolute atomic E-state index is 11.4. The highest BCUT2D eigenvalue weighted by Crippen LogP contribution is 2.67. The number of esters is 1. The maximum Gasteiger partial charge on any atom is 0.303 e. The minimum atomic E-state index is -0.660. The van der Waals surface area contributed by atoms with Crippen LogP contribution in [0.3, 0.4) is 0 Å². The van der Waals surface area contributed by atoms with Crippen LogP contribution >= 0.6 is 0 Å². The number of hydrogen-bond acceptors (Lipinski definition) is 3. The molecular weight excluding hydrogens is 376 g/mol. The first-order valence-corrected chi connectivity index (χ1v) is 12.2. The van der Waals surface area contributed by atoms with E-state index in [1.54, 1.807) is 5.57 Å². The highest BCUT2D eigenvalue weighted by molar-refractivity contribution is 5.66. The topological polar surface area (TPSA) is 63.6 Å². The Bertz CT molecular complexity index is 727. The number of carboxylic acids is 1.